The summed E-state index contributed by atoms with van der Waals surface area (Å²) >= 11 is 8.94. The van der Waals surface area contributed by atoms with E-state index in [0.29, 0.717) is 21.6 Å². The van der Waals surface area contributed by atoms with Crippen LogP contribution in [0.2, 0.25) is 5.02 Å². The quantitative estimate of drug-likeness (QED) is 0.926. The van der Waals surface area contributed by atoms with Crippen LogP contribution in [0.5, 0.6) is 0 Å². The maximum atomic E-state index is 13.5. The van der Waals surface area contributed by atoms with Crippen molar-refractivity contribution in [1.82, 2.24) is 9.78 Å². The third-order valence-corrected chi connectivity index (χ3v) is 2.88. The molecule has 0 radical (unpaired) electrons. The van der Waals surface area contributed by atoms with Crippen LogP contribution < -0.4 is 5.73 Å². The van der Waals surface area contributed by atoms with E-state index in [2.05, 4.69) is 21.0 Å². The average molecular weight is 305 g/mol. The van der Waals surface area contributed by atoms with Gasteiger partial charge in [-0.25, -0.2) is 4.39 Å². The lowest BCUT2D eigenvalue weighted by atomic mass is 10.2. The molecule has 0 amide bonds. The minimum atomic E-state index is -0.292. The van der Waals surface area contributed by atoms with Crippen molar-refractivity contribution < 1.29 is 4.39 Å². The summed E-state index contributed by atoms with van der Waals surface area (Å²) in [6.07, 6.45) is 1.57. The molecular formula is C10H8BrClFN3. The van der Waals surface area contributed by atoms with Crippen LogP contribution >= 0.6 is 27.5 Å². The van der Waals surface area contributed by atoms with Gasteiger partial charge in [-0.2, -0.15) is 5.10 Å². The first-order chi connectivity index (χ1) is 7.56. The second-order valence-electron chi connectivity index (χ2n) is 3.30. The lowest BCUT2D eigenvalue weighted by Crippen LogP contribution is -2.03. The largest absolute Gasteiger partial charge is 0.381 e. The molecule has 1 aromatic heterocycles. The van der Waals surface area contributed by atoms with Crippen molar-refractivity contribution in [2.45, 2.75) is 6.54 Å². The van der Waals surface area contributed by atoms with Gasteiger partial charge in [0.15, 0.2) is 5.82 Å². The van der Waals surface area contributed by atoms with E-state index in [1.807, 2.05) is 0 Å². The van der Waals surface area contributed by atoms with Crippen molar-refractivity contribution in [3.05, 3.63) is 45.3 Å². The van der Waals surface area contributed by atoms with E-state index in [9.17, 15) is 4.39 Å². The first-order valence-corrected chi connectivity index (χ1v) is 5.65. The highest BCUT2D eigenvalue weighted by Crippen LogP contribution is 2.19. The number of hydrogen-bond donors (Lipinski definition) is 1. The molecule has 6 heteroatoms. The van der Waals surface area contributed by atoms with E-state index < -0.39 is 0 Å². The monoisotopic (exact) mass is 303 g/mol. The molecule has 16 heavy (non-hydrogen) atoms. The maximum Gasteiger partial charge on any atom is 0.164 e. The third kappa shape index (κ3) is 2.36. The van der Waals surface area contributed by atoms with Crippen molar-refractivity contribution in [2.24, 2.45) is 0 Å². The number of aromatic nitrogens is 2. The van der Waals surface area contributed by atoms with Crippen LogP contribution in [0.4, 0.5) is 10.2 Å². The van der Waals surface area contributed by atoms with Gasteiger partial charge in [0.2, 0.25) is 0 Å². The lowest BCUT2D eigenvalue weighted by molar-refractivity contribution is 0.585. The molecule has 0 aliphatic heterocycles. The van der Waals surface area contributed by atoms with E-state index in [4.69, 9.17) is 17.3 Å². The molecule has 0 aliphatic rings. The van der Waals surface area contributed by atoms with Gasteiger partial charge in [0.1, 0.15) is 10.8 Å². The van der Waals surface area contributed by atoms with Crippen molar-refractivity contribution in [2.75, 3.05) is 5.73 Å². The molecule has 0 fully saturated rings. The highest BCUT2D eigenvalue weighted by Gasteiger charge is 2.07. The van der Waals surface area contributed by atoms with E-state index in [0.717, 1.165) is 0 Å². The van der Waals surface area contributed by atoms with Crippen LogP contribution in [0.25, 0.3) is 0 Å². The van der Waals surface area contributed by atoms with Gasteiger partial charge in [0.25, 0.3) is 0 Å². The van der Waals surface area contributed by atoms with Gasteiger partial charge in [0, 0.05) is 16.2 Å². The fourth-order valence-corrected chi connectivity index (χ4v) is 1.80. The number of nitrogens with two attached hydrogens (primary N) is 1. The molecule has 84 valence electrons. The standard InChI is InChI=1S/C10H8BrClFN3/c11-7-2-1-6(9(13)3-7)4-16-5-8(12)10(14)15-16/h1-3,5H,4H2,(H2,14,15). The molecular weight excluding hydrogens is 296 g/mol. The molecule has 2 N–H and O–H groups in total. The summed E-state index contributed by atoms with van der Waals surface area (Å²) in [5.41, 5.74) is 6.02. The van der Waals surface area contributed by atoms with Crippen molar-refractivity contribution >= 4 is 33.3 Å². The number of anilines is 1. The summed E-state index contributed by atoms with van der Waals surface area (Å²) in [5.74, 6) is -0.0428. The van der Waals surface area contributed by atoms with Crippen LogP contribution in [0.15, 0.2) is 28.9 Å². The Bertz CT molecular complexity index is 507. The minimum Gasteiger partial charge on any atom is -0.381 e. The van der Waals surface area contributed by atoms with Crippen LogP contribution in [0.1, 0.15) is 5.56 Å². The molecule has 2 rings (SSSR count). The molecule has 1 heterocycles. The molecule has 0 aliphatic carbocycles. The maximum absolute atomic E-state index is 13.5. The number of rotatable bonds is 2. The van der Waals surface area contributed by atoms with E-state index in [1.54, 1.807) is 18.3 Å². The van der Waals surface area contributed by atoms with Gasteiger partial charge < -0.3 is 5.73 Å². The molecule has 3 nitrogen and oxygen atoms in total. The van der Waals surface area contributed by atoms with Crippen LogP contribution in [-0.4, -0.2) is 9.78 Å². The zero-order valence-corrected chi connectivity index (χ0v) is 10.5. The van der Waals surface area contributed by atoms with Gasteiger partial charge in [-0.1, -0.05) is 33.6 Å². The zero-order valence-electron chi connectivity index (χ0n) is 8.12. The molecule has 0 saturated heterocycles. The van der Waals surface area contributed by atoms with Gasteiger partial charge in [-0.3, -0.25) is 4.68 Å². The first-order valence-electron chi connectivity index (χ1n) is 4.48. The molecule has 1 aromatic carbocycles. The Kier molecular flexibility index (Phi) is 3.16. The van der Waals surface area contributed by atoms with Crippen molar-refractivity contribution in [3.8, 4) is 0 Å². The molecule has 0 unspecified atom stereocenters. The first kappa shape index (κ1) is 11.4. The van der Waals surface area contributed by atoms with Gasteiger partial charge >= 0.3 is 0 Å². The summed E-state index contributed by atoms with van der Waals surface area (Å²) in [4.78, 5) is 0. The molecule has 0 spiro atoms. The Balaban J connectivity index is 2.27. The van der Waals surface area contributed by atoms with Gasteiger partial charge in [-0.05, 0) is 12.1 Å². The second kappa shape index (κ2) is 4.43. The van der Waals surface area contributed by atoms with Crippen molar-refractivity contribution in [3.63, 3.8) is 0 Å². The Labute approximate surface area is 105 Å². The fourth-order valence-electron chi connectivity index (χ4n) is 1.32. The fraction of sp³-hybridized carbons (Fsp3) is 0.100. The van der Waals surface area contributed by atoms with E-state index >= 15 is 0 Å². The molecule has 2 aromatic rings. The summed E-state index contributed by atoms with van der Waals surface area (Å²) < 4.78 is 15.7. The summed E-state index contributed by atoms with van der Waals surface area (Å²) in [5, 5.41) is 4.33. The number of nitrogen functional groups attached to an aromatic ring is 1. The number of benzene rings is 1. The van der Waals surface area contributed by atoms with Crippen LogP contribution in [0.3, 0.4) is 0 Å². The lowest BCUT2D eigenvalue weighted by Gasteiger charge is -2.03. The third-order valence-electron chi connectivity index (χ3n) is 2.09. The van der Waals surface area contributed by atoms with Crippen LogP contribution in [-0.2, 0) is 6.54 Å². The zero-order chi connectivity index (χ0) is 11.7. The smallest absolute Gasteiger partial charge is 0.164 e. The van der Waals surface area contributed by atoms with Gasteiger partial charge in [0.05, 0.1) is 6.54 Å². The Morgan fingerprint density at radius 2 is 2.25 bits per heavy atom. The summed E-state index contributed by atoms with van der Waals surface area (Å²) in [6, 6.07) is 4.86. The Hall–Kier alpha value is -1.07. The Morgan fingerprint density at radius 1 is 1.50 bits per heavy atom. The average Bonchev–Trinajstić information content (AvgIpc) is 2.51. The van der Waals surface area contributed by atoms with E-state index in [-0.39, 0.29) is 11.6 Å². The van der Waals surface area contributed by atoms with Crippen molar-refractivity contribution in [1.29, 1.82) is 0 Å². The van der Waals surface area contributed by atoms with Crippen LogP contribution in [0, 0.1) is 5.82 Å². The number of hydrogen-bond acceptors (Lipinski definition) is 2. The molecule has 0 atom stereocenters. The Morgan fingerprint density at radius 3 is 2.81 bits per heavy atom. The number of nitrogens with zero attached hydrogens (tertiary/aromatic N) is 2. The SMILES string of the molecule is Nc1nn(Cc2ccc(Br)cc2F)cc1Cl. The predicted octanol–water partition coefficient (Wildman–Crippen LogP) is 3.07. The summed E-state index contributed by atoms with van der Waals surface area (Å²) in [6.45, 7) is 0.302. The highest BCUT2D eigenvalue weighted by atomic mass is 79.9. The summed E-state index contributed by atoms with van der Waals surface area (Å²) in [7, 11) is 0. The number of halogens is 3. The topological polar surface area (TPSA) is 43.8 Å². The second-order valence-corrected chi connectivity index (χ2v) is 4.62. The highest BCUT2D eigenvalue weighted by molar-refractivity contribution is 9.10. The molecule has 0 saturated carbocycles. The minimum absolute atomic E-state index is 0.249. The molecule has 0 bridgehead atoms. The predicted molar refractivity (Wildman–Crippen MR) is 64.9 cm³/mol. The van der Waals surface area contributed by atoms with Gasteiger partial charge in [-0.15, -0.1) is 0 Å². The van der Waals surface area contributed by atoms with E-state index in [1.165, 1.54) is 10.7 Å². The normalized spacial score (nSPS) is 10.7.